The number of rotatable bonds is 5. The molecule has 1 aliphatic rings. The molecule has 2 N–H and O–H groups in total. The number of anilines is 1. The number of nitrogens with one attached hydrogen (secondary N) is 1. The summed E-state index contributed by atoms with van der Waals surface area (Å²) in [5, 5.41) is 16.5. The second-order valence-electron chi connectivity index (χ2n) is 7.34. The fourth-order valence-corrected chi connectivity index (χ4v) is 3.83. The van der Waals surface area contributed by atoms with Crippen LogP contribution in [0.1, 0.15) is 45.7 Å². The van der Waals surface area contributed by atoms with Crippen molar-refractivity contribution in [3.05, 3.63) is 11.1 Å². The highest BCUT2D eigenvalue weighted by Crippen LogP contribution is 2.25. The van der Waals surface area contributed by atoms with Gasteiger partial charge in [0.25, 0.3) is 0 Å². The molecular formula is C16H29N3OS. The van der Waals surface area contributed by atoms with Gasteiger partial charge in [-0.15, -0.1) is 11.3 Å². The van der Waals surface area contributed by atoms with Crippen molar-refractivity contribution < 1.29 is 5.11 Å². The molecule has 1 aromatic rings. The minimum atomic E-state index is 0.212. The van der Waals surface area contributed by atoms with Gasteiger partial charge < -0.3 is 15.3 Å². The maximum absolute atomic E-state index is 9.57. The number of nitrogens with zero attached hydrogens (tertiary/aromatic N) is 2. The van der Waals surface area contributed by atoms with Crippen molar-refractivity contribution in [3.8, 4) is 0 Å². The number of aliphatic hydroxyl groups is 1. The molecule has 0 aromatic carbocycles. The first kappa shape index (κ1) is 16.7. The quantitative estimate of drug-likeness (QED) is 0.878. The molecule has 1 atom stereocenters. The maximum Gasteiger partial charge on any atom is 0.185 e. The lowest BCUT2D eigenvalue weighted by Gasteiger charge is -2.35. The largest absolute Gasteiger partial charge is 0.395 e. The normalized spacial score (nSPS) is 19.0. The van der Waals surface area contributed by atoms with Gasteiger partial charge in [0, 0.05) is 30.6 Å². The van der Waals surface area contributed by atoms with Crippen LogP contribution in [-0.4, -0.2) is 41.9 Å². The zero-order chi connectivity index (χ0) is 15.5. The van der Waals surface area contributed by atoms with E-state index in [1.165, 1.54) is 0 Å². The molecule has 120 valence electrons. The van der Waals surface area contributed by atoms with Gasteiger partial charge in [-0.2, -0.15) is 0 Å². The fourth-order valence-electron chi connectivity index (χ4n) is 2.97. The van der Waals surface area contributed by atoms with Gasteiger partial charge >= 0.3 is 0 Å². The Balaban J connectivity index is 1.80. The molecule has 2 heterocycles. The number of hydrogen-bond donors (Lipinski definition) is 2. The molecule has 0 radical (unpaired) electrons. The minimum absolute atomic E-state index is 0.212. The average molecular weight is 311 g/mol. The third-order valence-corrected chi connectivity index (χ3v) is 4.94. The summed E-state index contributed by atoms with van der Waals surface area (Å²) < 4.78 is 0. The van der Waals surface area contributed by atoms with E-state index < -0.39 is 0 Å². The highest BCUT2D eigenvalue weighted by molar-refractivity contribution is 7.13. The number of aliphatic hydroxyl groups excluding tert-OH is 1. The molecule has 0 bridgehead atoms. The number of piperidine rings is 1. The molecule has 4 nitrogen and oxygen atoms in total. The molecule has 1 aromatic heterocycles. The van der Waals surface area contributed by atoms with E-state index in [0.717, 1.165) is 43.2 Å². The monoisotopic (exact) mass is 311 g/mol. The Kier molecular flexibility index (Phi) is 5.63. The lowest BCUT2D eigenvalue weighted by atomic mass is 9.87. The molecule has 0 aliphatic carbocycles. The van der Waals surface area contributed by atoms with E-state index >= 15 is 0 Å². The summed E-state index contributed by atoms with van der Waals surface area (Å²) >= 11 is 1.74. The summed E-state index contributed by atoms with van der Waals surface area (Å²) in [7, 11) is 0. The van der Waals surface area contributed by atoms with Crippen molar-refractivity contribution in [2.24, 2.45) is 5.41 Å². The van der Waals surface area contributed by atoms with Crippen molar-refractivity contribution in [1.29, 1.82) is 0 Å². The Morgan fingerprint density at radius 1 is 1.43 bits per heavy atom. The van der Waals surface area contributed by atoms with Crippen molar-refractivity contribution in [3.63, 3.8) is 0 Å². The lowest BCUT2D eigenvalue weighted by molar-refractivity contribution is 0.182. The van der Waals surface area contributed by atoms with Crippen molar-refractivity contribution >= 4 is 16.5 Å². The zero-order valence-electron chi connectivity index (χ0n) is 13.7. The highest BCUT2D eigenvalue weighted by atomic mass is 32.1. The molecular weight excluding hydrogens is 282 g/mol. The fraction of sp³-hybridized carbons (Fsp3) is 0.812. The van der Waals surface area contributed by atoms with Crippen LogP contribution >= 0.6 is 11.3 Å². The molecule has 21 heavy (non-hydrogen) atoms. The Labute approximate surface area is 132 Å². The van der Waals surface area contributed by atoms with Crippen molar-refractivity contribution in [1.82, 2.24) is 10.3 Å². The van der Waals surface area contributed by atoms with E-state index in [4.69, 9.17) is 0 Å². The van der Waals surface area contributed by atoms with Crippen LogP contribution in [-0.2, 0) is 0 Å². The van der Waals surface area contributed by atoms with E-state index in [1.54, 1.807) is 11.3 Å². The first-order valence-electron chi connectivity index (χ1n) is 7.91. The minimum Gasteiger partial charge on any atom is -0.395 e. The summed E-state index contributed by atoms with van der Waals surface area (Å²) in [4.78, 5) is 6.95. The van der Waals surface area contributed by atoms with Gasteiger partial charge in [0.05, 0.1) is 12.3 Å². The van der Waals surface area contributed by atoms with Crippen LogP contribution in [0.25, 0.3) is 0 Å². The number of hydrogen-bond acceptors (Lipinski definition) is 5. The van der Waals surface area contributed by atoms with Gasteiger partial charge in [-0.25, -0.2) is 4.98 Å². The van der Waals surface area contributed by atoms with Crippen LogP contribution in [0.15, 0.2) is 5.38 Å². The number of thiazole rings is 1. The van der Waals surface area contributed by atoms with Gasteiger partial charge in [-0.05, 0) is 31.6 Å². The van der Waals surface area contributed by atoms with E-state index in [1.807, 2.05) is 6.92 Å². The summed E-state index contributed by atoms with van der Waals surface area (Å²) in [6.45, 7) is 11.1. The molecule has 0 saturated carbocycles. The molecule has 1 unspecified atom stereocenters. The molecule has 0 spiro atoms. The van der Waals surface area contributed by atoms with Crippen LogP contribution < -0.4 is 10.2 Å². The number of aromatic nitrogens is 1. The summed E-state index contributed by atoms with van der Waals surface area (Å²) in [5.41, 5.74) is 1.36. The Morgan fingerprint density at radius 2 is 2.10 bits per heavy atom. The average Bonchev–Trinajstić information content (AvgIpc) is 2.84. The van der Waals surface area contributed by atoms with Gasteiger partial charge in [-0.3, -0.25) is 0 Å². The zero-order valence-corrected chi connectivity index (χ0v) is 14.5. The van der Waals surface area contributed by atoms with Crippen LogP contribution in [0.2, 0.25) is 0 Å². The lowest BCUT2D eigenvalue weighted by Crippen LogP contribution is -2.48. The summed E-state index contributed by atoms with van der Waals surface area (Å²) in [6, 6.07) is 0.727. The van der Waals surface area contributed by atoms with Crippen molar-refractivity contribution in [2.75, 3.05) is 24.6 Å². The smallest absolute Gasteiger partial charge is 0.185 e. The van der Waals surface area contributed by atoms with E-state index in [2.05, 4.69) is 41.4 Å². The van der Waals surface area contributed by atoms with Gasteiger partial charge in [0.1, 0.15) is 0 Å². The van der Waals surface area contributed by atoms with Gasteiger partial charge in [-0.1, -0.05) is 20.8 Å². The Hall–Kier alpha value is -0.650. The maximum atomic E-state index is 9.57. The number of aryl methyl sites for hydroxylation is 1. The molecule has 1 saturated heterocycles. The standard InChI is InChI=1S/C16H29N3OS/c1-12-11-21-15(17-12)19-7-5-13(6-8-19)18-14(10-20)9-16(2,3)4/h11,13-14,18,20H,5-10H2,1-4H3. The topological polar surface area (TPSA) is 48.4 Å². The van der Waals surface area contributed by atoms with E-state index in [9.17, 15) is 5.11 Å². The van der Waals surface area contributed by atoms with Crippen LogP contribution in [0.4, 0.5) is 5.13 Å². The van der Waals surface area contributed by atoms with Gasteiger partial charge in [0.15, 0.2) is 5.13 Å². The first-order valence-corrected chi connectivity index (χ1v) is 8.79. The predicted octanol–water partition coefficient (Wildman–Crippen LogP) is 2.81. The molecule has 5 heteroatoms. The third-order valence-electron chi connectivity index (χ3n) is 3.92. The molecule has 0 amide bonds. The Morgan fingerprint density at radius 3 is 2.57 bits per heavy atom. The van der Waals surface area contributed by atoms with Gasteiger partial charge in [0.2, 0.25) is 0 Å². The van der Waals surface area contributed by atoms with Crippen LogP contribution in [0.5, 0.6) is 0 Å². The molecule has 2 rings (SSSR count). The van der Waals surface area contributed by atoms with Crippen LogP contribution in [0.3, 0.4) is 0 Å². The first-order chi connectivity index (χ1) is 9.87. The van der Waals surface area contributed by atoms with Crippen molar-refractivity contribution in [2.45, 2.75) is 59.0 Å². The summed E-state index contributed by atoms with van der Waals surface area (Å²) in [6.07, 6.45) is 3.26. The molecule has 1 fully saturated rings. The SMILES string of the molecule is Cc1csc(N2CCC(NC(CO)CC(C)(C)C)CC2)n1. The second kappa shape index (κ2) is 7.07. The van der Waals surface area contributed by atoms with E-state index in [0.29, 0.717) is 6.04 Å². The summed E-state index contributed by atoms with van der Waals surface area (Å²) in [5.74, 6) is 0. The molecule has 1 aliphatic heterocycles. The predicted molar refractivity (Wildman–Crippen MR) is 90.2 cm³/mol. The van der Waals surface area contributed by atoms with Crippen LogP contribution in [0, 0.1) is 12.3 Å². The Bertz CT molecular complexity index is 433. The van der Waals surface area contributed by atoms with E-state index in [-0.39, 0.29) is 18.1 Å². The third kappa shape index (κ3) is 5.24. The highest BCUT2D eigenvalue weighted by Gasteiger charge is 2.25. The second-order valence-corrected chi connectivity index (χ2v) is 8.18.